The van der Waals surface area contributed by atoms with E-state index in [2.05, 4.69) is 15.1 Å². The molecule has 1 fully saturated rings. The van der Waals surface area contributed by atoms with Crippen molar-refractivity contribution in [2.75, 3.05) is 41.3 Å². The first-order chi connectivity index (χ1) is 15.9. The number of anilines is 3. The Bertz CT molecular complexity index is 1140. The molecule has 7 heteroatoms. The highest BCUT2D eigenvalue weighted by Crippen LogP contribution is 2.26. The van der Waals surface area contributed by atoms with Crippen molar-refractivity contribution in [3.05, 3.63) is 88.4 Å². The molecule has 1 aliphatic rings. The molecule has 0 aliphatic carbocycles. The smallest absolute Gasteiger partial charge is 0.337 e. The van der Waals surface area contributed by atoms with Crippen LogP contribution in [0.3, 0.4) is 0 Å². The van der Waals surface area contributed by atoms with Gasteiger partial charge in [0.25, 0.3) is 0 Å². The van der Waals surface area contributed by atoms with Crippen LogP contribution in [0.25, 0.3) is 0 Å². The third-order valence-corrected chi connectivity index (χ3v) is 6.08. The third kappa shape index (κ3) is 5.65. The van der Waals surface area contributed by atoms with Gasteiger partial charge >= 0.3 is 5.97 Å². The molecule has 6 nitrogen and oxygen atoms in total. The number of nitrogens with zero attached hydrogens (tertiary/aromatic N) is 2. The summed E-state index contributed by atoms with van der Waals surface area (Å²) in [6, 6.07) is 20.7. The second-order valence-corrected chi connectivity index (χ2v) is 8.63. The van der Waals surface area contributed by atoms with Crippen LogP contribution in [0.4, 0.5) is 17.1 Å². The number of rotatable bonds is 6. The molecule has 170 valence electrons. The highest BCUT2D eigenvalue weighted by Gasteiger charge is 2.20. The highest BCUT2D eigenvalue weighted by atomic mass is 35.5. The van der Waals surface area contributed by atoms with Crippen LogP contribution in [0.5, 0.6) is 0 Å². The zero-order valence-electron chi connectivity index (χ0n) is 18.4. The lowest BCUT2D eigenvalue weighted by Gasteiger charge is -2.37. The van der Waals surface area contributed by atoms with Gasteiger partial charge in [0.2, 0.25) is 5.91 Å². The van der Waals surface area contributed by atoms with Gasteiger partial charge in [0.05, 0.1) is 17.7 Å². The maximum atomic E-state index is 12.5. The predicted molar refractivity (Wildman–Crippen MR) is 133 cm³/mol. The monoisotopic (exact) mass is 463 g/mol. The average molecular weight is 464 g/mol. The van der Waals surface area contributed by atoms with E-state index in [0.29, 0.717) is 10.7 Å². The van der Waals surface area contributed by atoms with Gasteiger partial charge in [-0.05, 0) is 55.0 Å². The first-order valence-electron chi connectivity index (χ1n) is 10.9. The highest BCUT2D eigenvalue weighted by molar-refractivity contribution is 6.30. The molecule has 3 aromatic rings. The number of carboxylic acid groups (broad SMARTS) is 1. The van der Waals surface area contributed by atoms with Crippen LogP contribution in [0.1, 0.15) is 21.5 Å². The van der Waals surface area contributed by atoms with Gasteiger partial charge in [0, 0.05) is 42.6 Å². The number of aryl methyl sites for hydroxylation is 1. The number of amides is 1. The summed E-state index contributed by atoms with van der Waals surface area (Å²) in [6.07, 6.45) is 0.188. The lowest BCUT2D eigenvalue weighted by atomic mass is 10.1. The summed E-state index contributed by atoms with van der Waals surface area (Å²) in [5, 5.41) is 13.2. The van der Waals surface area contributed by atoms with E-state index in [0.717, 1.165) is 48.7 Å². The number of hydrogen-bond donors (Lipinski definition) is 2. The molecule has 1 heterocycles. The number of carbonyl (C=O) groups excluding carboxylic acids is 1. The van der Waals surface area contributed by atoms with E-state index in [-0.39, 0.29) is 17.9 Å². The van der Waals surface area contributed by atoms with Crippen molar-refractivity contribution < 1.29 is 14.7 Å². The van der Waals surface area contributed by atoms with Gasteiger partial charge in [-0.1, -0.05) is 41.4 Å². The molecule has 0 unspecified atom stereocenters. The Balaban J connectivity index is 1.42. The molecule has 1 saturated heterocycles. The molecule has 0 atom stereocenters. The minimum absolute atomic E-state index is 0.0879. The van der Waals surface area contributed by atoms with Crippen molar-refractivity contribution in [3.8, 4) is 0 Å². The lowest BCUT2D eigenvalue weighted by molar-refractivity contribution is -0.115. The van der Waals surface area contributed by atoms with E-state index in [9.17, 15) is 14.7 Å². The van der Waals surface area contributed by atoms with Crippen molar-refractivity contribution in [2.45, 2.75) is 13.3 Å². The Morgan fingerprint density at radius 2 is 1.45 bits per heavy atom. The molecule has 0 radical (unpaired) electrons. The Morgan fingerprint density at radius 3 is 2.06 bits per heavy atom. The van der Waals surface area contributed by atoms with Crippen LogP contribution in [0, 0.1) is 6.92 Å². The molecule has 0 spiro atoms. The fourth-order valence-electron chi connectivity index (χ4n) is 3.98. The minimum Gasteiger partial charge on any atom is -0.478 e. The number of benzene rings is 3. The van der Waals surface area contributed by atoms with E-state index in [1.165, 1.54) is 0 Å². The van der Waals surface area contributed by atoms with E-state index in [4.69, 9.17) is 11.6 Å². The maximum Gasteiger partial charge on any atom is 0.337 e. The number of aromatic carboxylic acids is 1. The quantitative estimate of drug-likeness (QED) is 0.546. The van der Waals surface area contributed by atoms with Gasteiger partial charge in [-0.15, -0.1) is 0 Å². The molecule has 0 saturated carbocycles. The van der Waals surface area contributed by atoms with Gasteiger partial charge in [-0.25, -0.2) is 4.79 Å². The zero-order chi connectivity index (χ0) is 23.4. The average Bonchev–Trinajstić information content (AvgIpc) is 2.81. The van der Waals surface area contributed by atoms with Crippen LogP contribution in [-0.4, -0.2) is 43.2 Å². The molecule has 33 heavy (non-hydrogen) atoms. The molecule has 4 rings (SSSR count). The largest absolute Gasteiger partial charge is 0.478 e. The molecule has 1 aliphatic heterocycles. The van der Waals surface area contributed by atoms with Crippen molar-refractivity contribution in [2.24, 2.45) is 0 Å². The van der Waals surface area contributed by atoms with Crippen molar-refractivity contribution in [1.82, 2.24) is 0 Å². The maximum absolute atomic E-state index is 12.5. The molecule has 0 bridgehead atoms. The molecular weight excluding hydrogens is 438 g/mol. The molecule has 2 N–H and O–H groups in total. The second kappa shape index (κ2) is 9.96. The van der Waals surface area contributed by atoms with Crippen LogP contribution >= 0.6 is 11.6 Å². The summed E-state index contributed by atoms with van der Waals surface area (Å²) in [7, 11) is 0. The summed E-state index contributed by atoms with van der Waals surface area (Å²) < 4.78 is 0. The van der Waals surface area contributed by atoms with Crippen LogP contribution in [-0.2, 0) is 11.2 Å². The van der Waals surface area contributed by atoms with Crippen molar-refractivity contribution >= 4 is 40.5 Å². The fourth-order valence-corrected chi connectivity index (χ4v) is 4.10. The standard InChI is InChI=1S/C26H26ClN3O3/c1-18-2-4-19(5-3-18)16-25(31)28-24-11-10-22(17-23(24)26(32)33)30-14-12-29(13-15-30)21-8-6-20(27)7-9-21/h2-11,17H,12-16H2,1H3,(H,28,31)(H,32,33). The first kappa shape index (κ1) is 22.7. The van der Waals surface area contributed by atoms with Gasteiger partial charge in [0.1, 0.15) is 0 Å². The first-order valence-corrected chi connectivity index (χ1v) is 11.2. The topological polar surface area (TPSA) is 72.9 Å². The normalized spacial score (nSPS) is 13.6. The van der Waals surface area contributed by atoms with E-state index >= 15 is 0 Å². The summed E-state index contributed by atoms with van der Waals surface area (Å²) in [4.78, 5) is 28.8. The van der Waals surface area contributed by atoms with Crippen LogP contribution in [0.2, 0.25) is 5.02 Å². The van der Waals surface area contributed by atoms with Crippen molar-refractivity contribution in [1.29, 1.82) is 0 Å². The molecule has 1 amide bonds. The Hall–Kier alpha value is -3.51. The van der Waals surface area contributed by atoms with Crippen LogP contribution in [0.15, 0.2) is 66.7 Å². The second-order valence-electron chi connectivity index (χ2n) is 8.20. The Morgan fingerprint density at radius 1 is 0.879 bits per heavy atom. The Kier molecular flexibility index (Phi) is 6.84. The zero-order valence-corrected chi connectivity index (χ0v) is 19.2. The SMILES string of the molecule is Cc1ccc(CC(=O)Nc2ccc(N3CCN(c4ccc(Cl)cc4)CC3)cc2C(=O)O)cc1. The van der Waals surface area contributed by atoms with E-state index in [1.54, 1.807) is 12.1 Å². The number of carbonyl (C=O) groups is 2. The number of piperazine rings is 1. The summed E-state index contributed by atoms with van der Waals surface area (Å²) in [5.74, 6) is -1.31. The summed E-state index contributed by atoms with van der Waals surface area (Å²) in [5.41, 5.74) is 4.35. The van der Waals surface area contributed by atoms with E-state index in [1.807, 2.05) is 61.5 Å². The molecular formula is C26H26ClN3O3. The molecule has 0 aromatic heterocycles. The predicted octanol–water partition coefficient (Wildman–Crippen LogP) is 4.85. The third-order valence-electron chi connectivity index (χ3n) is 5.83. The van der Waals surface area contributed by atoms with Gasteiger partial charge in [-0.2, -0.15) is 0 Å². The minimum atomic E-state index is -1.07. The van der Waals surface area contributed by atoms with Crippen molar-refractivity contribution in [3.63, 3.8) is 0 Å². The Labute approximate surface area is 198 Å². The van der Waals surface area contributed by atoms with E-state index < -0.39 is 5.97 Å². The van der Waals surface area contributed by atoms with Gasteiger partial charge in [0.15, 0.2) is 0 Å². The number of halogens is 1. The van der Waals surface area contributed by atoms with Gasteiger partial charge in [-0.3, -0.25) is 4.79 Å². The fraction of sp³-hybridized carbons (Fsp3) is 0.231. The number of hydrogen-bond acceptors (Lipinski definition) is 4. The summed E-state index contributed by atoms with van der Waals surface area (Å²) in [6.45, 7) is 5.15. The van der Waals surface area contributed by atoms with Crippen LogP contribution < -0.4 is 15.1 Å². The number of carboxylic acids is 1. The summed E-state index contributed by atoms with van der Waals surface area (Å²) >= 11 is 5.98. The van der Waals surface area contributed by atoms with Gasteiger partial charge < -0.3 is 20.2 Å². The lowest BCUT2D eigenvalue weighted by Crippen LogP contribution is -2.46. The molecule has 3 aromatic carbocycles. The number of nitrogens with one attached hydrogen (secondary N) is 1.